The molecule has 1 atom stereocenters. The first-order valence-corrected chi connectivity index (χ1v) is 7.22. The summed E-state index contributed by atoms with van der Waals surface area (Å²) in [4.78, 5) is 13.6. The number of carbonyl (C=O) groups excluding carboxylic acids is 1. The monoisotopic (exact) mass is 286 g/mol. The summed E-state index contributed by atoms with van der Waals surface area (Å²) in [7, 11) is 0. The zero-order valence-corrected chi connectivity index (χ0v) is 12.6. The van der Waals surface area contributed by atoms with E-state index in [1.165, 1.54) is 0 Å². The summed E-state index contributed by atoms with van der Waals surface area (Å²) in [6.45, 7) is 7.32. The smallest absolute Gasteiger partial charge is 0.410 e. The van der Waals surface area contributed by atoms with Crippen molar-refractivity contribution in [2.75, 3.05) is 26.3 Å². The number of rotatable bonds is 1. The van der Waals surface area contributed by atoms with Gasteiger partial charge in [-0.05, 0) is 40.0 Å². The average Bonchev–Trinajstić information content (AvgIpc) is 2.73. The van der Waals surface area contributed by atoms with Crippen molar-refractivity contribution < 1.29 is 19.4 Å². The Bertz CT molecular complexity index is 374. The molecule has 1 amide bonds. The third-order valence-electron chi connectivity index (χ3n) is 4.21. The van der Waals surface area contributed by atoms with Crippen LogP contribution in [0.15, 0.2) is 0 Å². The molecule has 0 aromatic rings. The molecule has 3 N–H and O–H groups in total. The van der Waals surface area contributed by atoms with Crippen LogP contribution < -0.4 is 5.73 Å². The highest BCUT2D eigenvalue weighted by molar-refractivity contribution is 5.68. The number of nitrogens with two attached hydrogens (primary N) is 1. The van der Waals surface area contributed by atoms with E-state index < -0.39 is 16.7 Å². The van der Waals surface area contributed by atoms with Gasteiger partial charge in [0.05, 0.1) is 12.1 Å². The van der Waals surface area contributed by atoms with Crippen LogP contribution in [0.5, 0.6) is 0 Å². The molecule has 2 heterocycles. The Balaban J connectivity index is 2.02. The largest absolute Gasteiger partial charge is 0.444 e. The zero-order valence-electron chi connectivity index (χ0n) is 12.6. The van der Waals surface area contributed by atoms with E-state index in [1.807, 2.05) is 20.8 Å². The van der Waals surface area contributed by atoms with E-state index in [4.69, 9.17) is 15.2 Å². The molecule has 0 bridgehead atoms. The van der Waals surface area contributed by atoms with Gasteiger partial charge in [0, 0.05) is 19.8 Å². The van der Waals surface area contributed by atoms with Crippen molar-refractivity contribution in [3.8, 4) is 0 Å². The lowest BCUT2D eigenvalue weighted by Gasteiger charge is -2.44. The summed E-state index contributed by atoms with van der Waals surface area (Å²) in [5.41, 5.74) is 4.12. The van der Waals surface area contributed by atoms with Crippen LogP contribution >= 0.6 is 0 Å². The lowest BCUT2D eigenvalue weighted by atomic mass is 9.74. The quantitative estimate of drug-likeness (QED) is 0.747. The SMILES string of the molecule is CC(C)(C)OC(=O)N1CCC(O)(C2(N)CCOCC2)C1. The Morgan fingerprint density at radius 1 is 1.30 bits per heavy atom. The van der Waals surface area contributed by atoms with Crippen LogP contribution in [0.4, 0.5) is 4.79 Å². The van der Waals surface area contributed by atoms with Crippen molar-refractivity contribution >= 4 is 6.09 Å². The van der Waals surface area contributed by atoms with Crippen molar-refractivity contribution in [2.45, 2.75) is 56.8 Å². The Kier molecular flexibility index (Phi) is 4.01. The van der Waals surface area contributed by atoms with Crippen LogP contribution in [0, 0.1) is 0 Å². The standard InChI is InChI=1S/C14H26N2O4/c1-12(2,3)20-11(17)16-7-4-14(18,10-16)13(15)5-8-19-9-6-13/h18H,4-10,15H2,1-3H3. The molecular weight excluding hydrogens is 260 g/mol. The fourth-order valence-corrected chi connectivity index (χ4v) is 2.88. The van der Waals surface area contributed by atoms with Gasteiger partial charge in [0.15, 0.2) is 0 Å². The van der Waals surface area contributed by atoms with Crippen LogP contribution in [-0.4, -0.2) is 59.1 Å². The number of amides is 1. The molecular formula is C14H26N2O4. The summed E-state index contributed by atoms with van der Waals surface area (Å²) in [6, 6.07) is 0. The molecule has 2 aliphatic rings. The predicted octanol–water partition coefficient (Wildman–Crippen LogP) is 0.866. The maximum atomic E-state index is 12.1. The minimum Gasteiger partial charge on any atom is -0.444 e. The second-order valence-corrected chi connectivity index (χ2v) is 6.95. The normalized spacial score (nSPS) is 30.4. The van der Waals surface area contributed by atoms with Gasteiger partial charge in [0.1, 0.15) is 11.2 Å². The van der Waals surface area contributed by atoms with E-state index in [2.05, 4.69) is 0 Å². The number of aliphatic hydroxyl groups is 1. The highest BCUT2D eigenvalue weighted by atomic mass is 16.6. The lowest BCUT2D eigenvalue weighted by molar-refractivity contribution is -0.0759. The second-order valence-electron chi connectivity index (χ2n) is 6.95. The third-order valence-corrected chi connectivity index (χ3v) is 4.21. The highest BCUT2D eigenvalue weighted by Gasteiger charge is 2.53. The van der Waals surface area contributed by atoms with Crippen LogP contribution in [-0.2, 0) is 9.47 Å². The van der Waals surface area contributed by atoms with Gasteiger partial charge in [-0.1, -0.05) is 0 Å². The Labute approximate surface area is 120 Å². The molecule has 2 aliphatic heterocycles. The molecule has 116 valence electrons. The molecule has 0 aromatic heterocycles. The summed E-state index contributed by atoms with van der Waals surface area (Å²) in [6.07, 6.45) is 1.34. The maximum absolute atomic E-state index is 12.1. The molecule has 2 rings (SSSR count). The third kappa shape index (κ3) is 3.07. The van der Waals surface area contributed by atoms with Crippen LogP contribution in [0.25, 0.3) is 0 Å². The predicted molar refractivity (Wildman–Crippen MR) is 74.3 cm³/mol. The van der Waals surface area contributed by atoms with Gasteiger partial charge >= 0.3 is 6.09 Å². The summed E-state index contributed by atoms with van der Waals surface area (Å²) < 4.78 is 10.7. The van der Waals surface area contributed by atoms with E-state index in [0.717, 1.165) is 0 Å². The zero-order chi connectivity index (χ0) is 15.0. The second kappa shape index (κ2) is 5.16. The molecule has 0 aliphatic carbocycles. The fourth-order valence-electron chi connectivity index (χ4n) is 2.88. The summed E-state index contributed by atoms with van der Waals surface area (Å²) >= 11 is 0. The van der Waals surface area contributed by atoms with Gasteiger partial charge in [0.2, 0.25) is 0 Å². The van der Waals surface area contributed by atoms with Gasteiger partial charge in [-0.2, -0.15) is 0 Å². The molecule has 2 fully saturated rings. The first kappa shape index (κ1) is 15.5. The molecule has 20 heavy (non-hydrogen) atoms. The van der Waals surface area contributed by atoms with Crippen molar-refractivity contribution in [3.63, 3.8) is 0 Å². The highest BCUT2D eigenvalue weighted by Crippen LogP contribution is 2.37. The van der Waals surface area contributed by atoms with Gasteiger partial charge in [-0.15, -0.1) is 0 Å². The van der Waals surface area contributed by atoms with E-state index in [0.29, 0.717) is 39.0 Å². The van der Waals surface area contributed by atoms with Crippen molar-refractivity contribution in [3.05, 3.63) is 0 Å². The Morgan fingerprint density at radius 2 is 1.90 bits per heavy atom. The van der Waals surface area contributed by atoms with Crippen molar-refractivity contribution in [1.82, 2.24) is 4.90 Å². The number of likely N-dealkylation sites (tertiary alicyclic amines) is 1. The van der Waals surface area contributed by atoms with E-state index in [-0.39, 0.29) is 12.6 Å². The molecule has 0 aromatic carbocycles. The van der Waals surface area contributed by atoms with E-state index in [9.17, 15) is 9.90 Å². The van der Waals surface area contributed by atoms with E-state index >= 15 is 0 Å². The Morgan fingerprint density at radius 3 is 2.45 bits per heavy atom. The number of hydrogen-bond donors (Lipinski definition) is 2. The molecule has 2 saturated heterocycles. The molecule has 1 unspecified atom stereocenters. The maximum Gasteiger partial charge on any atom is 0.410 e. The first-order valence-electron chi connectivity index (χ1n) is 7.22. The van der Waals surface area contributed by atoms with Crippen LogP contribution in [0.2, 0.25) is 0 Å². The Hall–Kier alpha value is -0.850. The minimum absolute atomic E-state index is 0.235. The summed E-state index contributed by atoms with van der Waals surface area (Å²) in [5.74, 6) is 0. The number of carbonyl (C=O) groups is 1. The van der Waals surface area contributed by atoms with Crippen molar-refractivity contribution in [1.29, 1.82) is 0 Å². The number of hydrogen-bond acceptors (Lipinski definition) is 5. The fraction of sp³-hybridized carbons (Fsp3) is 0.929. The number of β-amino-alcohol motifs (C(OH)–C–C–N with tert-alkyl or cyclic N) is 1. The molecule has 0 radical (unpaired) electrons. The minimum atomic E-state index is -1.05. The van der Waals surface area contributed by atoms with Gasteiger partial charge in [0.25, 0.3) is 0 Å². The first-order chi connectivity index (χ1) is 9.15. The topological polar surface area (TPSA) is 85.0 Å². The molecule has 0 saturated carbocycles. The average molecular weight is 286 g/mol. The summed E-state index contributed by atoms with van der Waals surface area (Å²) in [5, 5.41) is 10.9. The van der Waals surface area contributed by atoms with Crippen LogP contribution in [0.1, 0.15) is 40.0 Å². The van der Waals surface area contributed by atoms with Gasteiger partial charge in [-0.25, -0.2) is 4.79 Å². The van der Waals surface area contributed by atoms with E-state index in [1.54, 1.807) is 4.90 Å². The molecule has 6 nitrogen and oxygen atoms in total. The van der Waals surface area contributed by atoms with Crippen molar-refractivity contribution in [2.24, 2.45) is 5.73 Å². The van der Waals surface area contributed by atoms with Gasteiger partial charge < -0.3 is 25.2 Å². The molecule has 6 heteroatoms. The lowest BCUT2D eigenvalue weighted by Crippen LogP contribution is -2.64. The number of ether oxygens (including phenoxy) is 2. The van der Waals surface area contributed by atoms with Crippen LogP contribution in [0.3, 0.4) is 0 Å². The number of nitrogens with zero attached hydrogens (tertiary/aromatic N) is 1. The molecule has 0 spiro atoms. The van der Waals surface area contributed by atoms with Gasteiger partial charge in [-0.3, -0.25) is 0 Å².